The third-order valence-electron chi connectivity index (χ3n) is 3.93. The molecule has 0 bridgehead atoms. The molecule has 0 saturated heterocycles. The lowest BCUT2D eigenvalue weighted by atomic mass is 10.2. The number of hydrogen-bond acceptors (Lipinski definition) is 4. The van der Waals surface area contributed by atoms with Gasteiger partial charge in [0, 0.05) is 28.7 Å². The summed E-state index contributed by atoms with van der Waals surface area (Å²) in [5.74, 6) is 0.867. The van der Waals surface area contributed by atoms with E-state index in [1.165, 1.54) is 17.8 Å². The SMILES string of the molecule is Fc1ccccc1CSc1nnc(-c2cccnc2)n1-c1cccc(Cl)c1. The molecular weight excluding hydrogens is 383 g/mol. The lowest BCUT2D eigenvalue weighted by Gasteiger charge is -2.11. The standard InChI is InChI=1S/C20H14ClFN4S/c21-16-7-3-8-17(11-16)26-19(14-6-4-10-23-12-14)24-25-20(26)27-13-15-5-1-2-9-18(15)22/h1-12H,13H2. The highest BCUT2D eigenvalue weighted by Crippen LogP contribution is 2.30. The third-order valence-corrected chi connectivity index (χ3v) is 5.15. The molecule has 134 valence electrons. The summed E-state index contributed by atoms with van der Waals surface area (Å²) < 4.78 is 15.9. The van der Waals surface area contributed by atoms with Crippen LogP contribution in [-0.2, 0) is 5.75 Å². The number of pyridine rings is 1. The van der Waals surface area contributed by atoms with E-state index in [0.717, 1.165) is 11.3 Å². The van der Waals surface area contributed by atoms with E-state index in [1.807, 2.05) is 47.0 Å². The van der Waals surface area contributed by atoms with Crippen molar-refractivity contribution in [1.82, 2.24) is 19.7 Å². The summed E-state index contributed by atoms with van der Waals surface area (Å²) in [5, 5.41) is 9.93. The summed E-state index contributed by atoms with van der Waals surface area (Å²) in [4.78, 5) is 4.16. The summed E-state index contributed by atoms with van der Waals surface area (Å²) in [7, 11) is 0. The van der Waals surface area contributed by atoms with Crippen LogP contribution >= 0.6 is 23.4 Å². The Morgan fingerprint density at radius 1 is 1.00 bits per heavy atom. The fourth-order valence-electron chi connectivity index (χ4n) is 2.65. The average Bonchev–Trinajstić information content (AvgIpc) is 3.12. The molecule has 0 spiro atoms. The highest BCUT2D eigenvalue weighted by molar-refractivity contribution is 7.98. The van der Waals surface area contributed by atoms with Crippen LogP contribution in [0.4, 0.5) is 4.39 Å². The minimum absolute atomic E-state index is 0.230. The molecule has 0 saturated carbocycles. The van der Waals surface area contributed by atoms with Gasteiger partial charge in [-0.1, -0.05) is 47.6 Å². The topological polar surface area (TPSA) is 43.6 Å². The van der Waals surface area contributed by atoms with Gasteiger partial charge in [0.1, 0.15) is 5.82 Å². The second kappa shape index (κ2) is 7.90. The molecule has 2 heterocycles. The Hall–Kier alpha value is -2.70. The van der Waals surface area contributed by atoms with E-state index in [-0.39, 0.29) is 5.82 Å². The number of hydrogen-bond donors (Lipinski definition) is 0. The third kappa shape index (κ3) is 3.86. The molecule has 0 aliphatic rings. The maximum Gasteiger partial charge on any atom is 0.196 e. The van der Waals surface area contributed by atoms with Gasteiger partial charge in [0.2, 0.25) is 0 Å². The second-order valence-corrected chi connectivity index (χ2v) is 7.12. The molecule has 0 aliphatic carbocycles. The van der Waals surface area contributed by atoms with Crippen molar-refractivity contribution in [3.63, 3.8) is 0 Å². The highest BCUT2D eigenvalue weighted by atomic mass is 35.5. The normalized spacial score (nSPS) is 10.9. The molecule has 0 unspecified atom stereocenters. The number of aromatic nitrogens is 4. The lowest BCUT2D eigenvalue weighted by molar-refractivity contribution is 0.617. The first-order valence-corrected chi connectivity index (χ1v) is 9.57. The zero-order valence-corrected chi connectivity index (χ0v) is 15.7. The smallest absolute Gasteiger partial charge is 0.196 e. The first-order chi connectivity index (χ1) is 13.2. The van der Waals surface area contributed by atoms with Crippen LogP contribution in [-0.4, -0.2) is 19.7 Å². The largest absolute Gasteiger partial charge is 0.270 e. The Bertz CT molecular complexity index is 1070. The number of thioether (sulfide) groups is 1. The van der Waals surface area contributed by atoms with Crippen LogP contribution in [0.1, 0.15) is 5.56 Å². The molecule has 2 aromatic carbocycles. The molecule has 0 N–H and O–H groups in total. The number of benzene rings is 2. The van der Waals surface area contributed by atoms with Gasteiger partial charge in [0.25, 0.3) is 0 Å². The van der Waals surface area contributed by atoms with Crippen molar-refractivity contribution in [2.45, 2.75) is 10.9 Å². The molecule has 0 aliphatic heterocycles. The van der Waals surface area contributed by atoms with E-state index in [1.54, 1.807) is 24.5 Å². The van der Waals surface area contributed by atoms with Crippen LogP contribution in [0.15, 0.2) is 78.2 Å². The second-order valence-electron chi connectivity index (χ2n) is 5.74. The molecule has 2 aromatic heterocycles. The maximum absolute atomic E-state index is 14.0. The van der Waals surface area contributed by atoms with Crippen molar-refractivity contribution in [3.05, 3.63) is 89.5 Å². The Kier molecular flexibility index (Phi) is 5.18. The van der Waals surface area contributed by atoms with E-state index >= 15 is 0 Å². The molecule has 4 aromatic rings. The van der Waals surface area contributed by atoms with Gasteiger partial charge in [-0.25, -0.2) is 4.39 Å². The van der Waals surface area contributed by atoms with Gasteiger partial charge in [-0.05, 0) is 42.0 Å². The first-order valence-electron chi connectivity index (χ1n) is 8.20. The van der Waals surface area contributed by atoms with Crippen molar-refractivity contribution in [3.8, 4) is 17.1 Å². The predicted molar refractivity (Wildman–Crippen MR) is 106 cm³/mol. The van der Waals surface area contributed by atoms with Crippen molar-refractivity contribution >= 4 is 23.4 Å². The Morgan fingerprint density at radius 3 is 2.67 bits per heavy atom. The molecule has 4 rings (SSSR count). The van der Waals surface area contributed by atoms with Gasteiger partial charge in [-0.3, -0.25) is 9.55 Å². The van der Waals surface area contributed by atoms with Crippen LogP contribution in [0.25, 0.3) is 17.1 Å². The number of nitrogens with zero attached hydrogens (tertiary/aromatic N) is 4. The van der Waals surface area contributed by atoms with Crippen molar-refractivity contribution < 1.29 is 4.39 Å². The quantitative estimate of drug-likeness (QED) is 0.423. The molecule has 4 nitrogen and oxygen atoms in total. The van der Waals surface area contributed by atoms with E-state index in [2.05, 4.69) is 15.2 Å². The highest BCUT2D eigenvalue weighted by Gasteiger charge is 2.17. The predicted octanol–water partition coefficient (Wildman–Crippen LogP) is 5.41. The van der Waals surface area contributed by atoms with Crippen molar-refractivity contribution in [1.29, 1.82) is 0 Å². The van der Waals surface area contributed by atoms with Gasteiger partial charge < -0.3 is 0 Å². The molecule has 0 amide bonds. The summed E-state index contributed by atoms with van der Waals surface area (Å²) in [6, 6.07) is 18.0. The summed E-state index contributed by atoms with van der Waals surface area (Å²) in [6.45, 7) is 0. The van der Waals surface area contributed by atoms with Crippen LogP contribution < -0.4 is 0 Å². The van der Waals surface area contributed by atoms with Gasteiger partial charge >= 0.3 is 0 Å². The zero-order chi connectivity index (χ0) is 18.6. The van der Waals surface area contributed by atoms with Crippen LogP contribution in [0.5, 0.6) is 0 Å². The average molecular weight is 397 g/mol. The zero-order valence-electron chi connectivity index (χ0n) is 14.1. The Morgan fingerprint density at radius 2 is 1.89 bits per heavy atom. The van der Waals surface area contributed by atoms with Crippen molar-refractivity contribution in [2.24, 2.45) is 0 Å². The Labute approximate surface area is 165 Å². The number of halogens is 2. The summed E-state index contributed by atoms with van der Waals surface area (Å²) >= 11 is 7.60. The lowest BCUT2D eigenvalue weighted by Crippen LogP contribution is -2.00. The van der Waals surface area contributed by atoms with Crippen LogP contribution in [0, 0.1) is 5.82 Å². The van der Waals surface area contributed by atoms with E-state index in [4.69, 9.17) is 11.6 Å². The molecular formula is C20H14ClFN4S. The van der Waals surface area contributed by atoms with Crippen molar-refractivity contribution in [2.75, 3.05) is 0 Å². The molecule has 0 atom stereocenters. The monoisotopic (exact) mass is 396 g/mol. The van der Waals surface area contributed by atoms with Crippen LogP contribution in [0.3, 0.4) is 0 Å². The Balaban J connectivity index is 1.75. The summed E-state index contributed by atoms with van der Waals surface area (Å²) in [6.07, 6.45) is 3.44. The maximum atomic E-state index is 14.0. The minimum Gasteiger partial charge on any atom is -0.270 e. The fourth-order valence-corrected chi connectivity index (χ4v) is 3.77. The minimum atomic E-state index is -0.230. The fraction of sp³-hybridized carbons (Fsp3) is 0.0500. The first kappa shape index (κ1) is 17.7. The van der Waals surface area contributed by atoms with Gasteiger partial charge in [0.05, 0.1) is 5.69 Å². The van der Waals surface area contributed by atoms with E-state index in [0.29, 0.717) is 27.3 Å². The van der Waals surface area contributed by atoms with Crippen LogP contribution in [0.2, 0.25) is 5.02 Å². The van der Waals surface area contributed by atoms with Gasteiger partial charge in [-0.2, -0.15) is 0 Å². The molecule has 0 radical (unpaired) electrons. The molecule has 7 heteroatoms. The van der Waals surface area contributed by atoms with Gasteiger partial charge in [-0.15, -0.1) is 10.2 Å². The number of rotatable bonds is 5. The molecule has 27 heavy (non-hydrogen) atoms. The van der Waals surface area contributed by atoms with Gasteiger partial charge in [0.15, 0.2) is 11.0 Å². The molecule has 0 fully saturated rings. The van der Waals surface area contributed by atoms with E-state index < -0.39 is 0 Å². The summed E-state index contributed by atoms with van der Waals surface area (Å²) in [5.41, 5.74) is 2.29. The van der Waals surface area contributed by atoms with E-state index in [9.17, 15) is 4.39 Å².